The topological polar surface area (TPSA) is 87.3 Å². The molecule has 0 heterocycles. The molecule has 0 aliphatic heterocycles. The van der Waals surface area contributed by atoms with E-state index in [0.29, 0.717) is 11.3 Å². The number of carbonyl (C=O) groups excluding carboxylic acids is 3. The SMILES string of the molecule is O=C(C=Cc1ccccc1)NNC(=O)c1ccc(NC(=O)C2CCCCC2)cc1. The molecule has 150 valence electrons. The van der Waals surface area contributed by atoms with Crippen molar-refractivity contribution in [2.45, 2.75) is 32.1 Å². The zero-order valence-electron chi connectivity index (χ0n) is 16.2. The lowest BCUT2D eigenvalue weighted by Gasteiger charge is -2.20. The highest BCUT2D eigenvalue weighted by atomic mass is 16.2. The van der Waals surface area contributed by atoms with Crippen molar-refractivity contribution in [2.75, 3.05) is 5.32 Å². The molecule has 3 N–H and O–H groups in total. The Bertz CT molecular complexity index is 870. The van der Waals surface area contributed by atoms with E-state index in [0.717, 1.165) is 31.2 Å². The first-order chi connectivity index (χ1) is 14.1. The second-order valence-electron chi connectivity index (χ2n) is 7.09. The van der Waals surface area contributed by atoms with Gasteiger partial charge in [0.1, 0.15) is 0 Å². The number of hydrogen-bond acceptors (Lipinski definition) is 3. The van der Waals surface area contributed by atoms with E-state index in [1.54, 1.807) is 30.3 Å². The fraction of sp³-hybridized carbons (Fsp3) is 0.261. The van der Waals surface area contributed by atoms with Gasteiger partial charge in [-0.25, -0.2) is 0 Å². The first kappa shape index (κ1) is 20.3. The van der Waals surface area contributed by atoms with Crippen LogP contribution < -0.4 is 16.2 Å². The maximum absolute atomic E-state index is 12.3. The van der Waals surface area contributed by atoms with Crippen molar-refractivity contribution in [1.82, 2.24) is 10.9 Å². The number of hydrazine groups is 1. The second-order valence-corrected chi connectivity index (χ2v) is 7.09. The van der Waals surface area contributed by atoms with Crippen LogP contribution in [-0.2, 0) is 9.59 Å². The molecule has 0 unspecified atom stereocenters. The van der Waals surface area contributed by atoms with E-state index in [9.17, 15) is 14.4 Å². The Labute approximate surface area is 170 Å². The highest BCUT2D eigenvalue weighted by molar-refractivity contribution is 5.98. The molecule has 6 heteroatoms. The van der Waals surface area contributed by atoms with Crippen LogP contribution >= 0.6 is 0 Å². The van der Waals surface area contributed by atoms with Gasteiger partial charge in [-0.3, -0.25) is 25.2 Å². The van der Waals surface area contributed by atoms with Crippen molar-refractivity contribution in [3.8, 4) is 0 Å². The Morgan fingerprint density at radius 2 is 1.52 bits per heavy atom. The van der Waals surface area contributed by atoms with Gasteiger partial charge in [-0.05, 0) is 48.7 Å². The fourth-order valence-corrected chi connectivity index (χ4v) is 3.28. The third kappa shape index (κ3) is 6.31. The summed E-state index contributed by atoms with van der Waals surface area (Å²) in [7, 11) is 0. The molecule has 3 amide bonds. The van der Waals surface area contributed by atoms with E-state index in [2.05, 4.69) is 16.2 Å². The normalized spacial score (nSPS) is 14.3. The summed E-state index contributed by atoms with van der Waals surface area (Å²) in [6, 6.07) is 16.0. The van der Waals surface area contributed by atoms with Crippen molar-refractivity contribution in [3.05, 3.63) is 71.8 Å². The molecule has 1 aliphatic rings. The summed E-state index contributed by atoms with van der Waals surface area (Å²) in [5.74, 6) is -0.750. The van der Waals surface area contributed by atoms with Gasteiger partial charge in [-0.2, -0.15) is 0 Å². The summed E-state index contributed by atoms with van der Waals surface area (Å²) in [6.07, 6.45) is 8.28. The molecule has 2 aromatic rings. The van der Waals surface area contributed by atoms with Gasteiger partial charge >= 0.3 is 0 Å². The van der Waals surface area contributed by atoms with Gasteiger partial charge in [0, 0.05) is 23.2 Å². The Hall–Kier alpha value is -3.41. The number of hydrogen-bond donors (Lipinski definition) is 3. The molecule has 1 aliphatic carbocycles. The maximum atomic E-state index is 12.3. The molecular weight excluding hydrogens is 366 g/mol. The molecule has 0 bridgehead atoms. The van der Waals surface area contributed by atoms with Crippen LogP contribution in [-0.4, -0.2) is 17.7 Å². The Morgan fingerprint density at radius 1 is 0.828 bits per heavy atom. The number of benzene rings is 2. The van der Waals surface area contributed by atoms with Crippen LogP contribution in [0.2, 0.25) is 0 Å². The molecule has 6 nitrogen and oxygen atoms in total. The van der Waals surface area contributed by atoms with Gasteiger partial charge in [0.05, 0.1) is 0 Å². The summed E-state index contributed by atoms with van der Waals surface area (Å²) in [4.78, 5) is 36.3. The predicted molar refractivity (Wildman–Crippen MR) is 113 cm³/mol. The van der Waals surface area contributed by atoms with Gasteiger partial charge < -0.3 is 5.32 Å². The average Bonchev–Trinajstić information content (AvgIpc) is 2.78. The van der Waals surface area contributed by atoms with Crippen molar-refractivity contribution in [1.29, 1.82) is 0 Å². The monoisotopic (exact) mass is 391 g/mol. The molecule has 0 saturated heterocycles. The summed E-state index contributed by atoms with van der Waals surface area (Å²) >= 11 is 0. The Kier molecular flexibility index (Phi) is 7.16. The summed E-state index contributed by atoms with van der Waals surface area (Å²) in [6.45, 7) is 0. The van der Waals surface area contributed by atoms with Crippen LogP contribution in [0.5, 0.6) is 0 Å². The molecule has 29 heavy (non-hydrogen) atoms. The third-order valence-corrected chi connectivity index (χ3v) is 4.92. The van der Waals surface area contributed by atoms with Gasteiger partial charge in [0.25, 0.3) is 11.8 Å². The fourth-order valence-electron chi connectivity index (χ4n) is 3.28. The van der Waals surface area contributed by atoms with Gasteiger partial charge in [0.2, 0.25) is 5.91 Å². The number of amides is 3. The quantitative estimate of drug-likeness (QED) is 0.537. The van der Waals surface area contributed by atoms with E-state index in [1.165, 1.54) is 12.5 Å². The van der Waals surface area contributed by atoms with Crippen molar-refractivity contribution in [2.24, 2.45) is 5.92 Å². The molecule has 0 radical (unpaired) electrons. The summed E-state index contributed by atoms with van der Waals surface area (Å²) < 4.78 is 0. The van der Waals surface area contributed by atoms with E-state index < -0.39 is 11.8 Å². The molecule has 3 rings (SSSR count). The van der Waals surface area contributed by atoms with Crippen LogP contribution in [0.15, 0.2) is 60.7 Å². The lowest BCUT2D eigenvalue weighted by molar-refractivity contribution is -0.120. The molecular formula is C23H25N3O3. The minimum Gasteiger partial charge on any atom is -0.326 e. The van der Waals surface area contributed by atoms with Crippen molar-refractivity contribution >= 4 is 29.5 Å². The van der Waals surface area contributed by atoms with Gasteiger partial charge in [-0.1, -0.05) is 49.6 Å². The minimum atomic E-state index is -0.434. The Morgan fingerprint density at radius 3 is 2.21 bits per heavy atom. The van der Waals surface area contributed by atoms with E-state index in [-0.39, 0.29) is 11.8 Å². The molecule has 0 atom stereocenters. The first-order valence-electron chi connectivity index (χ1n) is 9.86. The number of anilines is 1. The average molecular weight is 391 g/mol. The summed E-state index contributed by atoms with van der Waals surface area (Å²) in [5.41, 5.74) is 6.65. The van der Waals surface area contributed by atoms with Crippen LogP contribution in [0.1, 0.15) is 48.0 Å². The van der Waals surface area contributed by atoms with Crippen LogP contribution in [0, 0.1) is 5.92 Å². The zero-order chi connectivity index (χ0) is 20.5. The van der Waals surface area contributed by atoms with Crippen LogP contribution in [0.3, 0.4) is 0 Å². The predicted octanol–water partition coefficient (Wildman–Crippen LogP) is 3.68. The zero-order valence-corrected chi connectivity index (χ0v) is 16.2. The second kappa shape index (κ2) is 10.2. The van der Waals surface area contributed by atoms with Crippen molar-refractivity contribution in [3.63, 3.8) is 0 Å². The van der Waals surface area contributed by atoms with Crippen molar-refractivity contribution < 1.29 is 14.4 Å². The first-order valence-corrected chi connectivity index (χ1v) is 9.86. The molecule has 0 spiro atoms. The van der Waals surface area contributed by atoms with Gasteiger partial charge in [0.15, 0.2) is 0 Å². The van der Waals surface area contributed by atoms with Gasteiger partial charge in [-0.15, -0.1) is 0 Å². The Balaban J connectivity index is 1.46. The largest absolute Gasteiger partial charge is 0.326 e. The van der Waals surface area contributed by atoms with E-state index in [4.69, 9.17) is 0 Å². The van der Waals surface area contributed by atoms with E-state index >= 15 is 0 Å². The number of carbonyl (C=O) groups is 3. The molecule has 2 aromatic carbocycles. The van der Waals surface area contributed by atoms with Crippen LogP contribution in [0.25, 0.3) is 6.08 Å². The smallest absolute Gasteiger partial charge is 0.269 e. The number of rotatable bonds is 5. The number of nitrogens with one attached hydrogen (secondary N) is 3. The van der Waals surface area contributed by atoms with E-state index in [1.807, 2.05) is 30.3 Å². The summed E-state index contributed by atoms with van der Waals surface area (Å²) in [5, 5.41) is 2.91. The minimum absolute atomic E-state index is 0.0411. The lowest BCUT2D eigenvalue weighted by Crippen LogP contribution is -2.40. The third-order valence-electron chi connectivity index (χ3n) is 4.92. The molecule has 1 fully saturated rings. The molecule has 0 aromatic heterocycles. The maximum Gasteiger partial charge on any atom is 0.269 e. The highest BCUT2D eigenvalue weighted by Gasteiger charge is 2.21. The standard InChI is InChI=1S/C23H25N3O3/c27-21(16-11-17-7-3-1-4-8-17)25-26-23(29)19-12-14-20(15-13-19)24-22(28)18-9-5-2-6-10-18/h1,3-4,7-8,11-16,18H,2,5-6,9-10H2,(H,24,28)(H,25,27)(H,26,29). The highest BCUT2D eigenvalue weighted by Crippen LogP contribution is 2.25. The lowest BCUT2D eigenvalue weighted by atomic mass is 9.88. The van der Waals surface area contributed by atoms with Crippen LogP contribution in [0.4, 0.5) is 5.69 Å². The molecule has 1 saturated carbocycles.